The summed E-state index contributed by atoms with van der Waals surface area (Å²) in [6.07, 6.45) is 1.20. The van der Waals surface area contributed by atoms with Gasteiger partial charge in [-0.05, 0) is 56.4 Å². The Labute approximate surface area is 149 Å². The molecule has 0 radical (unpaired) electrons. The van der Waals surface area contributed by atoms with Crippen molar-refractivity contribution in [3.8, 4) is 0 Å². The average molecular weight is 358 g/mol. The molecule has 3 rings (SSSR count). The maximum absolute atomic E-state index is 12.3. The van der Waals surface area contributed by atoms with E-state index < -0.39 is 0 Å². The zero-order valence-corrected chi connectivity index (χ0v) is 15.0. The van der Waals surface area contributed by atoms with E-state index in [1.807, 2.05) is 31.2 Å². The molecule has 128 valence electrons. The fraction of sp³-hybridized carbons (Fsp3) is 0.588. The zero-order chi connectivity index (χ0) is 15.5. The Bertz CT molecular complexity index is 540. The molecule has 0 bridgehead atoms. The number of rotatable bonds is 4. The maximum atomic E-state index is 12.3. The Hall–Kier alpha value is -0.810. The Morgan fingerprint density at radius 1 is 1.39 bits per heavy atom. The number of hydrogen-bond acceptors (Lipinski definition) is 3. The molecule has 0 aromatic heterocycles. The molecular weight excluding hydrogens is 333 g/mol. The van der Waals surface area contributed by atoms with E-state index in [4.69, 9.17) is 11.6 Å². The van der Waals surface area contributed by atoms with Crippen molar-refractivity contribution in [3.63, 3.8) is 0 Å². The van der Waals surface area contributed by atoms with Crippen molar-refractivity contribution in [2.75, 3.05) is 32.7 Å². The van der Waals surface area contributed by atoms with Gasteiger partial charge in [0.25, 0.3) is 0 Å². The minimum Gasteiger partial charge on any atom is -0.348 e. The number of carbonyl (C=O) groups is 1. The van der Waals surface area contributed by atoms with Crippen molar-refractivity contribution < 1.29 is 4.79 Å². The van der Waals surface area contributed by atoms with E-state index >= 15 is 0 Å². The molecule has 1 aromatic rings. The summed E-state index contributed by atoms with van der Waals surface area (Å²) in [7, 11) is 0. The SMILES string of the molecule is CC(NC(=O)CN1CCC2CNCC2C1)c1ccccc1Cl.Cl. The Kier molecular flexibility index (Phi) is 6.72. The van der Waals surface area contributed by atoms with Crippen LogP contribution in [0.4, 0.5) is 0 Å². The second kappa shape index (κ2) is 8.34. The molecule has 2 fully saturated rings. The molecule has 6 heteroatoms. The third-order valence-corrected chi connectivity index (χ3v) is 5.25. The lowest BCUT2D eigenvalue weighted by Gasteiger charge is -2.34. The number of halogens is 2. The summed E-state index contributed by atoms with van der Waals surface area (Å²) in [6.45, 7) is 6.76. The molecule has 3 atom stereocenters. The predicted octanol–water partition coefficient (Wildman–Crippen LogP) is 2.48. The van der Waals surface area contributed by atoms with Crippen LogP contribution in [0.25, 0.3) is 0 Å². The van der Waals surface area contributed by atoms with Gasteiger partial charge in [0.05, 0.1) is 12.6 Å². The van der Waals surface area contributed by atoms with E-state index in [1.54, 1.807) is 0 Å². The highest BCUT2D eigenvalue weighted by Gasteiger charge is 2.33. The predicted molar refractivity (Wildman–Crippen MR) is 96.2 cm³/mol. The van der Waals surface area contributed by atoms with Crippen LogP contribution in [0.5, 0.6) is 0 Å². The van der Waals surface area contributed by atoms with Crippen molar-refractivity contribution in [1.29, 1.82) is 0 Å². The second-order valence-electron chi connectivity index (χ2n) is 6.51. The number of benzene rings is 1. The number of amides is 1. The first-order valence-corrected chi connectivity index (χ1v) is 8.48. The molecular formula is C17H25Cl2N3O. The standard InChI is InChI=1S/C17H24ClN3O.ClH/c1-12(15-4-2-3-5-16(15)18)20-17(22)11-21-7-6-13-8-19-9-14(13)10-21;/h2-5,12-14,19H,6-11H2,1H3,(H,20,22);1H. The van der Waals surface area contributed by atoms with Crippen molar-refractivity contribution in [2.45, 2.75) is 19.4 Å². The summed E-state index contributed by atoms with van der Waals surface area (Å²) in [5.74, 6) is 1.60. The van der Waals surface area contributed by atoms with Crippen LogP contribution in [0, 0.1) is 11.8 Å². The van der Waals surface area contributed by atoms with Crippen LogP contribution in [0.15, 0.2) is 24.3 Å². The van der Waals surface area contributed by atoms with Crippen LogP contribution < -0.4 is 10.6 Å². The molecule has 2 heterocycles. The summed E-state index contributed by atoms with van der Waals surface area (Å²) >= 11 is 6.19. The van der Waals surface area contributed by atoms with Crippen LogP contribution >= 0.6 is 24.0 Å². The van der Waals surface area contributed by atoms with Crippen LogP contribution in [0.1, 0.15) is 24.9 Å². The lowest BCUT2D eigenvalue weighted by Crippen LogP contribution is -2.45. The molecule has 1 amide bonds. The molecule has 3 unspecified atom stereocenters. The quantitative estimate of drug-likeness (QED) is 0.869. The van der Waals surface area contributed by atoms with Gasteiger partial charge in [0, 0.05) is 11.6 Å². The van der Waals surface area contributed by atoms with Gasteiger partial charge < -0.3 is 10.6 Å². The summed E-state index contributed by atoms with van der Waals surface area (Å²) in [4.78, 5) is 14.6. The summed E-state index contributed by atoms with van der Waals surface area (Å²) in [6, 6.07) is 7.61. The minimum atomic E-state index is -0.0631. The molecule has 0 saturated carbocycles. The van der Waals surface area contributed by atoms with Gasteiger partial charge in [-0.1, -0.05) is 29.8 Å². The van der Waals surface area contributed by atoms with E-state index in [9.17, 15) is 4.79 Å². The number of piperidine rings is 1. The highest BCUT2D eigenvalue weighted by Crippen LogP contribution is 2.26. The number of likely N-dealkylation sites (tertiary alicyclic amines) is 1. The van der Waals surface area contributed by atoms with E-state index in [1.165, 1.54) is 6.42 Å². The third-order valence-electron chi connectivity index (χ3n) is 4.90. The summed E-state index contributed by atoms with van der Waals surface area (Å²) in [5.41, 5.74) is 0.969. The van der Waals surface area contributed by atoms with Crippen LogP contribution in [0.3, 0.4) is 0 Å². The Morgan fingerprint density at radius 3 is 2.91 bits per heavy atom. The number of carbonyl (C=O) groups excluding carboxylic acids is 1. The van der Waals surface area contributed by atoms with Crippen molar-refractivity contribution >= 4 is 29.9 Å². The Balaban J connectivity index is 0.00000192. The van der Waals surface area contributed by atoms with Crippen LogP contribution in [-0.2, 0) is 4.79 Å². The number of nitrogens with zero attached hydrogens (tertiary/aromatic N) is 1. The molecule has 23 heavy (non-hydrogen) atoms. The van der Waals surface area contributed by atoms with E-state index in [0.29, 0.717) is 17.5 Å². The first-order valence-electron chi connectivity index (χ1n) is 8.10. The molecule has 0 spiro atoms. The molecule has 2 N–H and O–H groups in total. The molecule has 2 saturated heterocycles. The van der Waals surface area contributed by atoms with Crippen molar-refractivity contribution in [3.05, 3.63) is 34.9 Å². The minimum absolute atomic E-state index is 0. The summed E-state index contributed by atoms with van der Waals surface area (Å²) in [5, 5.41) is 7.22. The largest absolute Gasteiger partial charge is 0.348 e. The monoisotopic (exact) mass is 357 g/mol. The highest BCUT2D eigenvalue weighted by atomic mass is 35.5. The fourth-order valence-corrected chi connectivity index (χ4v) is 3.95. The van der Waals surface area contributed by atoms with Crippen LogP contribution in [-0.4, -0.2) is 43.5 Å². The summed E-state index contributed by atoms with van der Waals surface area (Å²) < 4.78 is 0. The highest BCUT2D eigenvalue weighted by molar-refractivity contribution is 6.31. The van der Waals surface area contributed by atoms with Gasteiger partial charge in [-0.15, -0.1) is 12.4 Å². The van der Waals surface area contributed by atoms with Gasteiger partial charge in [-0.25, -0.2) is 0 Å². The van der Waals surface area contributed by atoms with Crippen molar-refractivity contribution in [2.24, 2.45) is 11.8 Å². The van der Waals surface area contributed by atoms with Crippen LogP contribution in [0.2, 0.25) is 5.02 Å². The van der Waals surface area contributed by atoms with E-state index in [-0.39, 0.29) is 24.4 Å². The Morgan fingerprint density at radius 2 is 2.13 bits per heavy atom. The normalized spacial score (nSPS) is 25.3. The van der Waals surface area contributed by atoms with Crippen molar-refractivity contribution in [1.82, 2.24) is 15.5 Å². The fourth-order valence-electron chi connectivity index (χ4n) is 3.65. The molecule has 1 aromatic carbocycles. The van der Waals surface area contributed by atoms with Gasteiger partial charge >= 0.3 is 0 Å². The molecule has 2 aliphatic rings. The first-order chi connectivity index (χ1) is 10.6. The maximum Gasteiger partial charge on any atom is 0.234 e. The van der Waals surface area contributed by atoms with E-state index in [0.717, 1.165) is 37.7 Å². The van der Waals surface area contributed by atoms with Gasteiger partial charge in [0.2, 0.25) is 5.91 Å². The van der Waals surface area contributed by atoms with Gasteiger partial charge in [-0.2, -0.15) is 0 Å². The molecule has 2 aliphatic heterocycles. The topological polar surface area (TPSA) is 44.4 Å². The number of nitrogens with one attached hydrogen (secondary N) is 2. The second-order valence-corrected chi connectivity index (χ2v) is 6.92. The third kappa shape index (κ3) is 4.60. The van der Waals surface area contributed by atoms with Gasteiger partial charge in [0.1, 0.15) is 0 Å². The number of fused-ring (bicyclic) bond motifs is 1. The molecule has 4 nitrogen and oxygen atoms in total. The lowest BCUT2D eigenvalue weighted by molar-refractivity contribution is -0.123. The first kappa shape index (κ1) is 18.5. The zero-order valence-electron chi connectivity index (χ0n) is 13.4. The lowest BCUT2D eigenvalue weighted by atomic mass is 9.89. The van der Waals surface area contributed by atoms with Gasteiger partial charge in [0.15, 0.2) is 0 Å². The number of hydrogen-bond donors (Lipinski definition) is 2. The van der Waals surface area contributed by atoms with Gasteiger partial charge in [-0.3, -0.25) is 9.69 Å². The molecule has 0 aliphatic carbocycles. The van der Waals surface area contributed by atoms with E-state index in [2.05, 4.69) is 15.5 Å². The average Bonchev–Trinajstić information content (AvgIpc) is 2.95. The smallest absolute Gasteiger partial charge is 0.234 e.